The zero-order valence-electron chi connectivity index (χ0n) is 14.1. The van der Waals surface area contributed by atoms with Gasteiger partial charge in [-0.25, -0.2) is 0 Å². The number of nitrogens with one attached hydrogen (secondary N) is 1. The van der Waals surface area contributed by atoms with Gasteiger partial charge in [0.25, 0.3) is 0 Å². The Kier molecular flexibility index (Phi) is 4.42. The zero-order valence-corrected chi connectivity index (χ0v) is 16.4. The standard InChI is InChI=1S/C20H19BrClNO2/c1-24-17-10-11(9-15(21)20(17)25-2)18-13-6-3-5-12(13)14-7-4-8-16(22)19(14)23-18/h3-5,7-10,12-13,18,23H,6H2,1-2H3/t12-,13+,18+/m1/s1. The summed E-state index contributed by atoms with van der Waals surface area (Å²) in [4.78, 5) is 0. The van der Waals surface area contributed by atoms with Gasteiger partial charge in [-0.2, -0.15) is 0 Å². The Balaban J connectivity index is 1.82. The minimum atomic E-state index is 0.156. The first-order valence-electron chi connectivity index (χ1n) is 8.27. The summed E-state index contributed by atoms with van der Waals surface area (Å²) in [7, 11) is 3.31. The Hall–Kier alpha value is -1.65. The van der Waals surface area contributed by atoms with E-state index in [-0.39, 0.29) is 6.04 Å². The molecule has 1 heterocycles. The molecule has 0 spiro atoms. The molecule has 4 rings (SSSR count). The van der Waals surface area contributed by atoms with E-state index in [0.717, 1.165) is 32.9 Å². The summed E-state index contributed by atoms with van der Waals surface area (Å²) in [5.74, 6) is 2.27. The lowest BCUT2D eigenvalue weighted by molar-refractivity contribution is 0.351. The number of benzene rings is 2. The van der Waals surface area contributed by atoms with Crippen LogP contribution in [-0.4, -0.2) is 14.2 Å². The Morgan fingerprint density at radius 3 is 2.80 bits per heavy atom. The van der Waals surface area contributed by atoms with Crippen LogP contribution in [0.25, 0.3) is 0 Å². The predicted molar refractivity (Wildman–Crippen MR) is 105 cm³/mol. The van der Waals surface area contributed by atoms with Gasteiger partial charge in [0.1, 0.15) is 0 Å². The average Bonchev–Trinajstić information content (AvgIpc) is 3.10. The molecule has 0 bridgehead atoms. The number of allylic oxidation sites excluding steroid dienone is 2. The van der Waals surface area contributed by atoms with Crippen LogP contribution in [0.5, 0.6) is 11.5 Å². The lowest BCUT2D eigenvalue weighted by Gasteiger charge is -2.38. The van der Waals surface area contributed by atoms with Crippen LogP contribution in [0.3, 0.4) is 0 Å². The van der Waals surface area contributed by atoms with Crippen molar-refractivity contribution in [3.8, 4) is 11.5 Å². The second kappa shape index (κ2) is 6.58. The van der Waals surface area contributed by atoms with Crippen LogP contribution in [0.1, 0.15) is 29.5 Å². The summed E-state index contributed by atoms with van der Waals surface area (Å²) in [6.07, 6.45) is 5.62. The van der Waals surface area contributed by atoms with Gasteiger partial charge in [-0.3, -0.25) is 0 Å². The van der Waals surface area contributed by atoms with Crippen molar-refractivity contribution in [3.05, 3.63) is 63.1 Å². The first-order chi connectivity index (χ1) is 12.1. The monoisotopic (exact) mass is 419 g/mol. The minimum Gasteiger partial charge on any atom is -0.493 e. The molecule has 2 aromatic rings. The van der Waals surface area contributed by atoms with Crippen LogP contribution in [0.15, 0.2) is 47.0 Å². The van der Waals surface area contributed by atoms with Crippen LogP contribution in [0.4, 0.5) is 5.69 Å². The molecule has 0 radical (unpaired) electrons. The van der Waals surface area contributed by atoms with Gasteiger partial charge in [0, 0.05) is 5.92 Å². The third-order valence-electron chi connectivity index (χ3n) is 5.16. The maximum absolute atomic E-state index is 6.48. The molecule has 0 saturated carbocycles. The summed E-state index contributed by atoms with van der Waals surface area (Å²) < 4.78 is 11.9. The van der Waals surface area contributed by atoms with Crippen LogP contribution in [0, 0.1) is 5.92 Å². The molecule has 0 fully saturated rings. The van der Waals surface area contributed by atoms with E-state index < -0.39 is 0 Å². The fraction of sp³-hybridized carbons (Fsp3) is 0.300. The smallest absolute Gasteiger partial charge is 0.174 e. The zero-order chi connectivity index (χ0) is 17.6. The topological polar surface area (TPSA) is 30.5 Å². The first-order valence-corrected chi connectivity index (χ1v) is 9.44. The third-order valence-corrected chi connectivity index (χ3v) is 6.06. The highest BCUT2D eigenvalue weighted by atomic mass is 79.9. The summed E-state index contributed by atoms with van der Waals surface area (Å²) in [5.41, 5.74) is 3.48. The number of ether oxygens (including phenoxy) is 2. The number of hydrogen-bond acceptors (Lipinski definition) is 3. The summed E-state index contributed by atoms with van der Waals surface area (Å²) in [6.45, 7) is 0. The number of halogens is 2. The van der Waals surface area contributed by atoms with E-state index in [9.17, 15) is 0 Å². The van der Waals surface area contributed by atoms with Gasteiger partial charge in [0.2, 0.25) is 0 Å². The largest absolute Gasteiger partial charge is 0.493 e. The van der Waals surface area contributed by atoms with E-state index in [1.807, 2.05) is 12.1 Å². The van der Waals surface area contributed by atoms with E-state index in [1.165, 1.54) is 5.56 Å². The van der Waals surface area contributed by atoms with Gasteiger partial charge in [-0.15, -0.1) is 0 Å². The molecule has 1 aliphatic heterocycles. The fourth-order valence-corrected chi connectivity index (χ4v) is 4.89. The van der Waals surface area contributed by atoms with Gasteiger partial charge in [0.05, 0.1) is 35.4 Å². The highest BCUT2D eigenvalue weighted by Crippen LogP contribution is 2.52. The average molecular weight is 421 g/mol. The molecule has 0 amide bonds. The predicted octanol–water partition coefficient (Wildman–Crippen LogP) is 5.95. The molecule has 2 aromatic carbocycles. The second-order valence-electron chi connectivity index (χ2n) is 6.42. The molecule has 3 nitrogen and oxygen atoms in total. The van der Waals surface area contributed by atoms with Crippen LogP contribution < -0.4 is 14.8 Å². The van der Waals surface area contributed by atoms with Crippen molar-refractivity contribution in [1.29, 1.82) is 0 Å². The molecule has 0 aromatic heterocycles. The number of rotatable bonds is 3. The minimum absolute atomic E-state index is 0.156. The van der Waals surface area contributed by atoms with Crippen molar-refractivity contribution in [1.82, 2.24) is 0 Å². The fourth-order valence-electron chi connectivity index (χ4n) is 4.03. The van der Waals surface area contributed by atoms with Gasteiger partial charge < -0.3 is 14.8 Å². The molecule has 130 valence electrons. The summed E-state index contributed by atoms with van der Waals surface area (Å²) in [6, 6.07) is 10.5. The summed E-state index contributed by atoms with van der Waals surface area (Å²) >= 11 is 10.1. The summed E-state index contributed by atoms with van der Waals surface area (Å²) in [5, 5.41) is 4.44. The SMILES string of the molecule is COc1cc([C@@H]2Nc3c(Cl)cccc3[C@@H]3C=CC[C@@H]32)cc(Br)c1OC. The molecular weight excluding hydrogens is 402 g/mol. The van der Waals surface area contributed by atoms with Crippen molar-refractivity contribution >= 4 is 33.2 Å². The molecule has 25 heavy (non-hydrogen) atoms. The van der Waals surface area contributed by atoms with Crippen LogP contribution in [0.2, 0.25) is 5.02 Å². The van der Waals surface area contributed by atoms with Crippen molar-refractivity contribution < 1.29 is 9.47 Å². The van der Waals surface area contributed by atoms with Crippen LogP contribution >= 0.6 is 27.5 Å². The van der Waals surface area contributed by atoms with Crippen molar-refractivity contribution in [3.63, 3.8) is 0 Å². The van der Waals surface area contributed by atoms with Gasteiger partial charge in [-0.1, -0.05) is 35.9 Å². The van der Waals surface area contributed by atoms with Gasteiger partial charge in [-0.05, 0) is 57.6 Å². The van der Waals surface area contributed by atoms with E-state index in [2.05, 4.69) is 51.6 Å². The van der Waals surface area contributed by atoms with Crippen molar-refractivity contribution in [2.24, 2.45) is 5.92 Å². The molecular formula is C20H19BrClNO2. The van der Waals surface area contributed by atoms with Gasteiger partial charge >= 0.3 is 0 Å². The molecule has 1 N–H and O–H groups in total. The Bertz CT molecular complexity index is 852. The van der Waals surface area contributed by atoms with Gasteiger partial charge in [0.15, 0.2) is 11.5 Å². The van der Waals surface area contributed by atoms with E-state index in [4.69, 9.17) is 21.1 Å². The highest BCUT2D eigenvalue weighted by molar-refractivity contribution is 9.10. The number of hydrogen-bond donors (Lipinski definition) is 1. The number of anilines is 1. The highest BCUT2D eigenvalue weighted by Gasteiger charge is 2.39. The molecule has 1 aliphatic carbocycles. The van der Waals surface area contributed by atoms with E-state index >= 15 is 0 Å². The number of methoxy groups -OCH3 is 2. The van der Waals surface area contributed by atoms with Crippen molar-refractivity contribution in [2.75, 3.05) is 19.5 Å². The van der Waals surface area contributed by atoms with Crippen LogP contribution in [-0.2, 0) is 0 Å². The molecule has 2 aliphatic rings. The Labute approximate surface area is 161 Å². The first kappa shape index (κ1) is 16.8. The quantitative estimate of drug-likeness (QED) is 0.623. The third kappa shape index (κ3) is 2.72. The number of fused-ring (bicyclic) bond motifs is 3. The lowest BCUT2D eigenvalue weighted by Crippen LogP contribution is -2.29. The molecule has 0 unspecified atom stereocenters. The molecule has 3 atom stereocenters. The molecule has 5 heteroatoms. The Morgan fingerprint density at radius 1 is 1.20 bits per heavy atom. The Morgan fingerprint density at radius 2 is 2.04 bits per heavy atom. The number of para-hydroxylation sites is 1. The maximum atomic E-state index is 6.48. The second-order valence-corrected chi connectivity index (χ2v) is 7.68. The van der Waals surface area contributed by atoms with E-state index in [1.54, 1.807) is 14.2 Å². The lowest BCUT2D eigenvalue weighted by atomic mass is 9.77. The maximum Gasteiger partial charge on any atom is 0.174 e. The van der Waals surface area contributed by atoms with Crippen molar-refractivity contribution in [2.45, 2.75) is 18.4 Å². The normalized spacial score (nSPS) is 23.6. The van der Waals surface area contributed by atoms with E-state index in [0.29, 0.717) is 17.6 Å². The molecule has 0 saturated heterocycles.